The number of aromatic nitrogens is 2. The van der Waals surface area contributed by atoms with Gasteiger partial charge in [0.15, 0.2) is 5.82 Å². The molecule has 0 atom stereocenters. The monoisotopic (exact) mass is 632 g/mol. The van der Waals surface area contributed by atoms with Crippen LogP contribution in [0, 0.1) is 0 Å². The Morgan fingerprint density at radius 3 is 1.68 bits per heavy atom. The molecule has 50 heavy (non-hydrogen) atoms. The van der Waals surface area contributed by atoms with Crippen LogP contribution in [0.15, 0.2) is 170 Å². The summed E-state index contributed by atoms with van der Waals surface area (Å²) in [4.78, 5) is 10.2. The molecule has 11 rings (SSSR count). The van der Waals surface area contributed by atoms with Crippen LogP contribution in [0.3, 0.4) is 0 Å². The first-order chi connectivity index (χ1) is 24.8. The number of rotatable bonds is 4. The van der Waals surface area contributed by atoms with Crippen molar-refractivity contribution in [3.63, 3.8) is 0 Å². The molecule has 0 fully saturated rings. The molecule has 0 radical (unpaired) electrons. The van der Waals surface area contributed by atoms with Gasteiger partial charge in [0.05, 0.1) is 5.69 Å². The van der Waals surface area contributed by atoms with E-state index >= 15 is 0 Å². The third-order valence-electron chi connectivity index (χ3n) is 10.6. The Hall–Kier alpha value is -6.64. The van der Waals surface area contributed by atoms with E-state index in [2.05, 4.69) is 164 Å². The number of hydrogen-bond acceptors (Lipinski definition) is 2. The molecule has 1 heterocycles. The number of hydrogen-bond donors (Lipinski definition) is 0. The van der Waals surface area contributed by atoms with E-state index in [0.29, 0.717) is 0 Å². The van der Waals surface area contributed by atoms with Crippen molar-refractivity contribution in [1.82, 2.24) is 9.97 Å². The maximum Gasteiger partial charge on any atom is 0.159 e. The second kappa shape index (κ2) is 10.4. The quantitative estimate of drug-likeness (QED) is 0.180. The summed E-state index contributed by atoms with van der Waals surface area (Å²) in [6.07, 6.45) is 2.01. The Labute approximate surface area is 289 Å². The molecule has 0 aliphatic heterocycles. The lowest BCUT2D eigenvalue weighted by Gasteiger charge is -2.19. The van der Waals surface area contributed by atoms with Gasteiger partial charge < -0.3 is 0 Å². The third kappa shape index (κ3) is 3.90. The molecule has 0 saturated carbocycles. The first-order valence-electron chi connectivity index (χ1n) is 17.2. The van der Waals surface area contributed by atoms with Crippen molar-refractivity contribution < 1.29 is 0 Å². The SMILES string of the molecule is c1ccc(-c2ccc3ccc4c(-c5ccccc5)cc(-c5cccc(-c6ncc7c(n6)-c6cccc8cccc-7c68)c5)c5ccc2c3c45)cc1. The van der Waals surface area contributed by atoms with Crippen molar-refractivity contribution in [1.29, 1.82) is 0 Å². The molecule has 0 unspecified atom stereocenters. The van der Waals surface area contributed by atoms with Crippen molar-refractivity contribution in [2.45, 2.75) is 0 Å². The molecule has 10 aromatic rings. The summed E-state index contributed by atoms with van der Waals surface area (Å²) < 4.78 is 0. The second-order valence-electron chi connectivity index (χ2n) is 13.3. The van der Waals surface area contributed by atoms with Gasteiger partial charge in [-0.3, -0.25) is 0 Å². The first kappa shape index (κ1) is 27.3. The van der Waals surface area contributed by atoms with E-state index in [1.165, 1.54) is 82.0 Å². The van der Waals surface area contributed by atoms with Crippen LogP contribution in [0.5, 0.6) is 0 Å². The summed E-state index contributed by atoms with van der Waals surface area (Å²) >= 11 is 0. The third-order valence-corrected chi connectivity index (χ3v) is 10.6. The van der Waals surface area contributed by atoms with Crippen LogP contribution in [-0.4, -0.2) is 9.97 Å². The standard InChI is InChI=1S/C48H28N2/c1-3-10-29(11-4-1)35-22-20-32-21-23-38-41(30-12-5-2-6-13-30)27-42(39-25-24-37(35)45(32)46(38)39)33-16-7-17-34(26-33)48-49-28-43-36-18-8-14-31-15-9-19-40(44(31)36)47(43)50-48/h1-28H. The highest BCUT2D eigenvalue weighted by Crippen LogP contribution is 2.48. The normalized spacial score (nSPS) is 12.0. The fourth-order valence-electron chi connectivity index (χ4n) is 8.37. The summed E-state index contributed by atoms with van der Waals surface area (Å²) in [5.74, 6) is 0.740. The Morgan fingerprint density at radius 1 is 0.320 bits per heavy atom. The summed E-state index contributed by atoms with van der Waals surface area (Å²) in [7, 11) is 0. The predicted octanol–water partition coefficient (Wildman–Crippen LogP) is 12.8. The number of fused-ring (bicyclic) bond motifs is 3. The molecule has 0 saturated heterocycles. The fourth-order valence-corrected chi connectivity index (χ4v) is 8.37. The van der Waals surface area contributed by atoms with Gasteiger partial charge in [-0.15, -0.1) is 0 Å². The molecular weight excluding hydrogens is 605 g/mol. The van der Waals surface area contributed by atoms with Gasteiger partial charge in [-0.2, -0.15) is 0 Å². The minimum Gasteiger partial charge on any atom is -0.236 e. The molecule has 0 spiro atoms. The van der Waals surface area contributed by atoms with Gasteiger partial charge in [0, 0.05) is 22.9 Å². The van der Waals surface area contributed by atoms with Crippen LogP contribution >= 0.6 is 0 Å². The second-order valence-corrected chi connectivity index (χ2v) is 13.3. The lowest BCUT2D eigenvalue weighted by molar-refractivity contribution is 1.19. The molecule has 1 aliphatic rings. The van der Waals surface area contributed by atoms with Crippen LogP contribution in [0.4, 0.5) is 0 Å². The van der Waals surface area contributed by atoms with Crippen LogP contribution in [-0.2, 0) is 0 Å². The van der Waals surface area contributed by atoms with Crippen LogP contribution in [0.25, 0.3) is 110 Å². The molecule has 0 N–H and O–H groups in total. The van der Waals surface area contributed by atoms with Crippen molar-refractivity contribution in [3.05, 3.63) is 170 Å². The summed E-state index contributed by atoms with van der Waals surface area (Å²) in [5.41, 5.74) is 12.8. The van der Waals surface area contributed by atoms with E-state index < -0.39 is 0 Å². The number of benzene rings is 9. The zero-order chi connectivity index (χ0) is 32.8. The van der Waals surface area contributed by atoms with Crippen LogP contribution in [0.2, 0.25) is 0 Å². The smallest absolute Gasteiger partial charge is 0.159 e. The maximum absolute atomic E-state index is 5.22. The van der Waals surface area contributed by atoms with Crippen molar-refractivity contribution >= 4 is 43.1 Å². The number of nitrogens with zero attached hydrogens (tertiary/aromatic N) is 2. The Balaban J connectivity index is 1.15. The molecule has 230 valence electrons. The maximum atomic E-state index is 5.22. The van der Waals surface area contributed by atoms with E-state index in [1.54, 1.807) is 0 Å². The highest BCUT2D eigenvalue weighted by Gasteiger charge is 2.24. The van der Waals surface area contributed by atoms with Gasteiger partial charge in [0.1, 0.15) is 0 Å². The van der Waals surface area contributed by atoms with Crippen molar-refractivity contribution in [3.8, 4) is 67.2 Å². The minimum absolute atomic E-state index is 0.740. The molecule has 1 aromatic heterocycles. The average molecular weight is 633 g/mol. The molecule has 9 aromatic carbocycles. The molecule has 0 bridgehead atoms. The molecule has 1 aliphatic carbocycles. The van der Waals surface area contributed by atoms with E-state index in [0.717, 1.165) is 28.2 Å². The first-order valence-corrected chi connectivity index (χ1v) is 17.2. The molecular formula is C48H28N2. The Morgan fingerprint density at radius 2 is 0.900 bits per heavy atom. The van der Waals surface area contributed by atoms with E-state index in [1.807, 2.05) is 6.20 Å². The largest absolute Gasteiger partial charge is 0.236 e. The van der Waals surface area contributed by atoms with E-state index in [-0.39, 0.29) is 0 Å². The van der Waals surface area contributed by atoms with Gasteiger partial charge in [-0.05, 0) is 94.2 Å². The van der Waals surface area contributed by atoms with Gasteiger partial charge >= 0.3 is 0 Å². The van der Waals surface area contributed by atoms with Crippen molar-refractivity contribution in [2.24, 2.45) is 0 Å². The van der Waals surface area contributed by atoms with E-state index in [4.69, 9.17) is 9.97 Å². The highest BCUT2D eigenvalue weighted by atomic mass is 14.9. The minimum atomic E-state index is 0.740. The summed E-state index contributed by atoms with van der Waals surface area (Å²) in [6, 6.07) is 59.5. The fraction of sp³-hybridized carbons (Fsp3) is 0. The molecule has 2 heteroatoms. The van der Waals surface area contributed by atoms with Crippen LogP contribution < -0.4 is 0 Å². The molecule has 0 amide bonds. The van der Waals surface area contributed by atoms with Gasteiger partial charge in [-0.1, -0.05) is 152 Å². The van der Waals surface area contributed by atoms with E-state index in [9.17, 15) is 0 Å². The predicted molar refractivity (Wildman–Crippen MR) is 209 cm³/mol. The van der Waals surface area contributed by atoms with Gasteiger partial charge in [-0.25, -0.2) is 9.97 Å². The summed E-state index contributed by atoms with van der Waals surface area (Å²) in [6.45, 7) is 0. The topological polar surface area (TPSA) is 25.8 Å². The zero-order valence-corrected chi connectivity index (χ0v) is 27.1. The molecule has 2 nitrogen and oxygen atoms in total. The van der Waals surface area contributed by atoms with Crippen LogP contribution in [0.1, 0.15) is 0 Å². The van der Waals surface area contributed by atoms with Gasteiger partial charge in [0.25, 0.3) is 0 Å². The zero-order valence-electron chi connectivity index (χ0n) is 27.1. The summed E-state index contributed by atoms with van der Waals surface area (Å²) in [5, 5.41) is 10.2. The Kier molecular flexibility index (Phi) is 5.70. The van der Waals surface area contributed by atoms with Gasteiger partial charge in [0.2, 0.25) is 0 Å². The lowest BCUT2D eigenvalue weighted by Crippen LogP contribution is -1.94. The van der Waals surface area contributed by atoms with Crippen molar-refractivity contribution in [2.75, 3.05) is 0 Å². The lowest BCUT2D eigenvalue weighted by atomic mass is 9.84. The highest BCUT2D eigenvalue weighted by molar-refractivity contribution is 6.30. The average Bonchev–Trinajstić information content (AvgIpc) is 3.51. The Bertz CT molecular complexity index is 2960.